The van der Waals surface area contributed by atoms with Crippen LogP contribution in [0.4, 0.5) is 0 Å². The summed E-state index contributed by atoms with van der Waals surface area (Å²) < 4.78 is 0. The van der Waals surface area contributed by atoms with Gasteiger partial charge in [-0.2, -0.15) is 0 Å². The molecule has 0 aromatic rings. The Balaban J connectivity index is 0.000000324. The van der Waals surface area contributed by atoms with Gasteiger partial charge < -0.3 is 21.7 Å². The maximum Gasteiger partial charge on any atom is 0.323 e. The molecule has 2 aliphatic rings. The molecule has 2 aliphatic carbocycles. The number of nitrogens with two attached hydrogens (primary N) is 2. The summed E-state index contributed by atoms with van der Waals surface area (Å²) in [6.45, 7) is 0. The van der Waals surface area contributed by atoms with Gasteiger partial charge in [-0.1, -0.05) is 25.7 Å². The van der Waals surface area contributed by atoms with Crippen molar-refractivity contribution in [1.29, 1.82) is 0 Å². The van der Waals surface area contributed by atoms with Crippen molar-refractivity contribution in [2.45, 2.75) is 62.4 Å². The van der Waals surface area contributed by atoms with Crippen molar-refractivity contribution in [2.24, 2.45) is 11.5 Å². The van der Waals surface area contributed by atoms with E-state index in [9.17, 15) is 9.59 Å². The Labute approximate surface area is 128 Å². The van der Waals surface area contributed by atoms with Gasteiger partial charge in [0, 0.05) is 22.4 Å². The molecule has 0 aromatic carbocycles. The summed E-state index contributed by atoms with van der Waals surface area (Å²) in [5, 5.41) is 17.1. The molecule has 0 saturated heterocycles. The number of carbonyl (C=O) groups is 2. The second kappa shape index (κ2) is 7.40. The minimum absolute atomic E-state index is 0. The largest absolute Gasteiger partial charge is 0.480 e. The van der Waals surface area contributed by atoms with E-state index in [1.165, 1.54) is 0 Å². The number of carboxylic acid groups (broad SMARTS) is 2. The standard InChI is InChI=1S/2C6H11NO2.Au/c2*7-6(5(8)9)3-1-2-4-6;/h2*1-4,7H2,(H,8,9);. The minimum Gasteiger partial charge on any atom is -0.480 e. The van der Waals surface area contributed by atoms with E-state index in [1.807, 2.05) is 0 Å². The number of rotatable bonds is 2. The van der Waals surface area contributed by atoms with Crippen molar-refractivity contribution in [3.05, 3.63) is 0 Å². The molecule has 115 valence electrons. The van der Waals surface area contributed by atoms with Gasteiger partial charge in [-0.25, -0.2) is 0 Å². The predicted molar refractivity (Wildman–Crippen MR) is 66.0 cm³/mol. The molecule has 6 N–H and O–H groups in total. The van der Waals surface area contributed by atoms with E-state index < -0.39 is 23.0 Å². The van der Waals surface area contributed by atoms with Gasteiger partial charge in [-0.15, -0.1) is 0 Å². The molecule has 2 saturated carbocycles. The summed E-state index contributed by atoms with van der Waals surface area (Å²) in [7, 11) is 0. The SMILES string of the molecule is NC1(C(=O)O)CCCC1.NC1(C(=O)O)CCCC1.[Au]. The van der Waals surface area contributed by atoms with Crippen LogP contribution in [0.5, 0.6) is 0 Å². The van der Waals surface area contributed by atoms with Crippen molar-refractivity contribution in [3.63, 3.8) is 0 Å². The van der Waals surface area contributed by atoms with Gasteiger partial charge in [0.2, 0.25) is 0 Å². The van der Waals surface area contributed by atoms with Gasteiger partial charge in [-0.3, -0.25) is 9.59 Å². The summed E-state index contributed by atoms with van der Waals surface area (Å²) in [4.78, 5) is 20.8. The van der Waals surface area contributed by atoms with Crippen LogP contribution in [0.15, 0.2) is 0 Å². The van der Waals surface area contributed by atoms with Gasteiger partial charge in [0.05, 0.1) is 0 Å². The van der Waals surface area contributed by atoms with Crippen LogP contribution in [-0.2, 0) is 32.0 Å². The first-order valence-corrected chi connectivity index (χ1v) is 6.35. The Bertz CT molecular complexity index is 292. The fourth-order valence-electron chi connectivity index (χ4n) is 2.44. The Morgan fingerprint density at radius 2 is 0.947 bits per heavy atom. The molecule has 1 radical (unpaired) electrons. The maximum absolute atomic E-state index is 10.4. The van der Waals surface area contributed by atoms with Crippen LogP contribution in [0.25, 0.3) is 0 Å². The molecule has 2 fully saturated rings. The van der Waals surface area contributed by atoms with Gasteiger partial charge in [-0.05, 0) is 25.7 Å². The minimum atomic E-state index is -0.889. The van der Waals surface area contributed by atoms with Gasteiger partial charge in [0.15, 0.2) is 0 Å². The number of carboxylic acids is 2. The van der Waals surface area contributed by atoms with E-state index >= 15 is 0 Å². The van der Waals surface area contributed by atoms with Crippen LogP contribution in [0.1, 0.15) is 51.4 Å². The van der Waals surface area contributed by atoms with Gasteiger partial charge in [0.25, 0.3) is 0 Å². The van der Waals surface area contributed by atoms with Crippen molar-refractivity contribution in [1.82, 2.24) is 0 Å². The molecule has 6 nitrogen and oxygen atoms in total. The fourth-order valence-corrected chi connectivity index (χ4v) is 2.44. The summed E-state index contributed by atoms with van der Waals surface area (Å²) in [5.41, 5.74) is 9.23. The Kier molecular flexibility index (Phi) is 7.24. The fraction of sp³-hybridized carbons (Fsp3) is 0.833. The summed E-state index contributed by atoms with van der Waals surface area (Å²) in [6.07, 6.45) is 6.41. The van der Waals surface area contributed by atoms with Crippen LogP contribution in [0.3, 0.4) is 0 Å². The van der Waals surface area contributed by atoms with Crippen LogP contribution >= 0.6 is 0 Å². The van der Waals surface area contributed by atoms with Gasteiger partial charge in [0.1, 0.15) is 11.1 Å². The third-order valence-electron chi connectivity index (χ3n) is 3.84. The second-order valence-corrected chi connectivity index (χ2v) is 5.34. The first-order chi connectivity index (χ1) is 8.30. The van der Waals surface area contributed by atoms with E-state index in [2.05, 4.69) is 0 Å². The summed E-state index contributed by atoms with van der Waals surface area (Å²) in [5.74, 6) is -1.69. The van der Waals surface area contributed by atoms with Crippen LogP contribution in [0, 0.1) is 0 Å². The quantitative estimate of drug-likeness (QED) is 0.454. The Hall–Kier alpha value is -0.400. The number of aliphatic carboxylic acids is 2. The molecule has 2 rings (SSSR count). The molecular weight excluding hydrogens is 433 g/mol. The molecule has 0 heterocycles. The smallest absolute Gasteiger partial charge is 0.323 e. The normalized spacial score (nSPS) is 22.8. The van der Waals surface area contributed by atoms with E-state index in [0.29, 0.717) is 25.7 Å². The second-order valence-electron chi connectivity index (χ2n) is 5.34. The maximum atomic E-state index is 10.4. The molecule has 0 spiro atoms. The zero-order valence-electron chi connectivity index (χ0n) is 10.8. The van der Waals surface area contributed by atoms with E-state index in [1.54, 1.807) is 0 Å². The van der Waals surface area contributed by atoms with E-state index in [-0.39, 0.29) is 22.4 Å². The molecule has 0 aliphatic heterocycles. The summed E-state index contributed by atoms with van der Waals surface area (Å²) >= 11 is 0. The van der Waals surface area contributed by atoms with Crippen molar-refractivity contribution in [2.75, 3.05) is 0 Å². The summed E-state index contributed by atoms with van der Waals surface area (Å²) in [6, 6.07) is 0. The molecule has 0 bridgehead atoms. The van der Waals surface area contributed by atoms with Crippen molar-refractivity contribution in [3.8, 4) is 0 Å². The van der Waals surface area contributed by atoms with Crippen LogP contribution in [-0.4, -0.2) is 33.2 Å². The monoisotopic (exact) mass is 455 g/mol. The molecule has 0 unspecified atom stereocenters. The van der Waals surface area contributed by atoms with Crippen molar-refractivity contribution < 1.29 is 42.2 Å². The zero-order valence-corrected chi connectivity index (χ0v) is 13.0. The number of hydrogen-bond acceptors (Lipinski definition) is 4. The molecule has 0 amide bonds. The first kappa shape index (κ1) is 18.6. The third-order valence-corrected chi connectivity index (χ3v) is 3.84. The van der Waals surface area contributed by atoms with Crippen LogP contribution < -0.4 is 11.5 Å². The molecule has 7 heteroatoms. The Morgan fingerprint density at radius 1 is 0.737 bits per heavy atom. The Morgan fingerprint density at radius 3 is 1.05 bits per heavy atom. The van der Waals surface area contributed by atoms with E-state index in [4.69, 9.17) is 21.7 Å². The molecule has 0 atom stereocenters. The molecular formula is C12H22AuN2O4. The topological polar surface area (TPSA) is 127 Å². The average Bonchev–Trinajstić information content (AvgIpc) is 2.90. The zero-order chi connectivity index (χ0) is 13.8. The van der Waals surface area contributed by atoms with Crippen LogP contribution in [0.2, 0.25) is 0 Å². The number of hydrogen-bond donors (Lipinski definition) is 4. The van der Waals surface area contributed by atoms with Gasteiger partial charge >= 0.3 is 11.9 Å². The van der Waals surface area contributed by atoms with Crippen molar-refractivity contribution >= 4 is 11.9 Å². The molecule has 0 aromatic heterocycles. The molecule has 19 heavy (non-hydrogen) atoms. The average molecular weight is 455 g/mol. The predicted octanol–water partition coefficient (Wildman–Crippen LogP) is 0.682. The first-order valence-electron chi connectivity index (χ1n) is 6.35. The van der Waals surface area contributed by atoms with E-state index in [0.717, 1.165) is 25.7 Å². The third kappa shape index (κ3) is 4.89.